The average Bonchev–Trinajstić information content (AvgIpc) is 3.07. The van der Waals surface area contributed by atoms with Gasteiger partial charge in [-0.2, -0.15) is 0 Å². The second-order valence-corrected chi connectivity index (χ2v) is 6.80. The predicted molar refractivity (Wildman–Crippen MR) is 109 cm³/mol. The van der Waals surface area contributed by atoms with Crippen molar-refractivity contribution in [1.29, 1.82) is 0 Å². The molecule has 0 aliphatic carbocycles. The largest absolute Gasteiger partial charge is 0.299 e. The molecule has 0 saturated heterocycles. The summed E-state index contributed by atoms with van der Waals surface area (Å²) in [5.41, 5.74) is 8.26. The highest BCUT2D eigenvalue weighted by molar-refractivity contribution is 5.68. The van der Waals surface area contributed by atoms with Crippen LogP contribution >= 0.6 is 0 Å². The minimum Gasteiger partial charge on any atom is -0.299 e. The van der Waals surface area contributed by atoms with E-state index in [2.05, 4.69) is 92.2 Å². The lowest BCUT2D eigenvalue weighted by Gasteiger charge is -2.15. The zero-order chi connectivity index (χ0) is 18.1. The van der Waals surface area contributed by atoms with Crippen molar-refractivity contribution >= 4 is 0 Å². The lowest BCUT2D eigenvalue weighted by atomic mass is 10.0. The van der Waals surface area contributed by atoms with E-state index >= 15 is 0 Å². The van der Waals surface area contributed by atoms with Gasteiger partial charge in [-0.15, -0.1) is 0 Å². The fourth-order valence-electron chi connectivity index (χ4n) is 3.64. The highest BCUT2D eigenvalue weighted by Gasteiger charge is 2.16. The summed E-state index contributed by atoms with van der Waals surface area (Å²) in [6, 6.07) is 25.2. The van der Waals surface area contributed by atoms with Crippen molar-refractivity contribution in [3.8, 4) is 28.3 Å². The molecule has 0 aliphatic rings. The normalized spacial score (nSPS) is 10.9. The van der Waals surface area contributed by atoms with E-state index < -0.39 is 0 Å². The standard InChI is InChI=1S/C24H22N2/c1-17-14-18(2)23(19(3)15-17)26-16-22(20-10-6-4-7-11-20)25-24(26)21-12-8-5-9-13-21/h4-16H,1-3H3. The third-order valence-corrected chi connectivity index (χ3v) is 4.68. The van der Waals surface area contributed by atoms with Gasteiger partial charge in [-0.1, -0.05) is 78.4 Å². The first-order chi connectivity index (χ1) is 12.6. The van der Waals surface area contributed by atoms with Gasteiger partial charge in [-0.25, -0.2) is 4.98 Å². The maximum atomic E-state index is 4.99. The summed E-state index contributed by atoms with van der Waals surface area (Å²) in [7, 11) is 0. The van der Waals surface area contributed by atoms with Crippen LogP contribution in [0.3, 0.4) is 0 Å². The van der Waals surface area contributed by atoms with Gasteiger partial charge in [-0.3, -0.25) is 4.57 Å². The summed E-state index contributed by atoms with van der Waals surface area (Å²) in [6.45, 7) is 6.49. The molecule has 0 atom stereocenters. The Morgan fingerprint density at radius 3 is 1.81 bits per heavy atom. The first kappa shape index (κ1) is 16.3. The van der Waals surface area contributed by atoms with E-state index in [1.807, 2.05) is 12.1 Å². The van der Waals surface area contributed by atoms with E-state index in [1.54, 1.807) is 0 Å². The van der Waals surface area contributed by atoms with Crippen molar-refractivity contribution in [3.63, 3.8) is 0 Å². The van der Waals surface area contributed by atoms with E-state index in [0.29, 0.717) is 0 Å². The fourth-order valence-corrected chi connectivity index (χ4v) is 3.64. The van der Waals surface area contributed by atoms with Crippen molar-refractivity contribution in [2.75, 3.05) is 0 Å². The van der Waals surface area contributed by atoms with Gasteiger partial charge in [-0.05, 0) is 31.9 Å². The van der Waals surface area contributed by atoms with Gasteiger partial charge in [0.15, 0.2) is 0 Å². The van der Waals surface area contributed by atoms with E-state index in [9.17, 15) is 0 Å². The van der Waals surface area contributed by atoms with Crippen LogP contribution in [0.4, 0.5) is 0 Å². The molecule has 128 valence electrons. The third kappa shape index (κ3) is 2.95. The van der Waals surface area contributed by atoms with Gasteiger partial charge in [0.1, 0.15) is 5.82 Å². The molecule has 0 radical (unpaired) electrons. The number of nitrogens with zero attached hydrogens (tertiary/aromatic N) is 2. The van der Waals surface area contributed by atoms with Crippen molar-refractivity contribution < 1.29 is 0 Å². The quantitative estimate of drug-likeness (QED) is 0.439. The Morgan fingerprint density at radius 1 is 0.692 bits per heavy atom. The molecule has 2 heteroatoms. The molecule has 0 amide bonds. The van der Waals surface area contributed by atoms with Crippen LogP contribution < -0.4 is 0 Å². The molecule has 4 aromatic rings. The van der Waals surface area contributed by atoms with Crippen LogP contribution in [0.1, 0.15) is 16.7 Å². The number of benzene rings is 3. The first-order valence-corrected chi connectivity index (χ1v) is 8.92. The van der Waals surface area contributed by atoms with Gasteiger partial charge in [0, 0.05) is 17.3 Å². The predicted octanol–water partition coefficient (Wildman–Crippen LogP) is 6.13. The van der Waals surface area contributed by atoms with Crippen molar-refractivity contribution in [2.24, 2.45) is 0 Å². The van der Waals surface area contributed by atoms with Crippen LogP contribution in [0, 0.1) is 20.8 Å². The molecule has 3 aromatic carbocycles. The van der Waals surface area contributed by atoms with Crippen molar-refractivity contribution in [1.82, 2.24) is 9.55 Å². The summed E-state index contributed by atoms with van der Waals surface area (Å²) < 4.78 is 2.24. The molecule has 0 unspecified atom stereocenters. The van der Waals surface area contributed by atoms with Crippen LogP contribution in [0.2, 0.25) is 0 Å². The number of rotatable bonds is 3. The van der Waals surface area contributed by atoms with Crippen LogP contribution in [0.15, 0.2) is 79.0 Å². The van der Waals surface area contributed by atoms with Gasteiger partial charge < -0.3 is 0 Å². The highest BCUT2D eigenvalue weighted by atomic mass is 15.1. The molecule has 0 saturated carbocycles. The van der Waals surface area contributed by atoms with Gasteiger partial charge in [0.05, 0.1) is 11.4 Å². The summed E-state index contributed by atoms with van der Waals surface area (Å²) in [5, 5.41) is 0. The Balaban J connectivity index is 1.98. The minimum atomic E-state index is 0.972. The number of aryl methyl sites for hydroxylation is 3. The van der Waals surface area contributed by atoms with E-state index in [-0.39, 0.29) is 0 Å². The zero-order valence-electron chi connectivity index (χ0n) is 15.4. The lowest BCUT2D eigenvalue weighted by Crippen LogP contribution is -2.02. The molecule has 0 bridgehead atoms. The molecule has 0 aliphatic heterocycles. The second-order valence-electron chi connectivity index (χ2n) is 6.80. The molecular formula is C24H22N2. The zero-order valence-corrected chi connectivity index (χ0v) is 15.4. The molecule has 0 spiro atoms. The van der Waals surface area contributed by atoms with Crippen LogP contribution in [0.25, 0.3) is 28.3 Å². The van der Waals surface area contributed by atoms with Crippen LogP contribution in [-0.2, 0) is 0 Å². The molecule has 1 heterocycles. The van der Waals surface area contributed by atoms with Crippen molar-refractivity contribution in [2.45, 2.75) is 20.8 Å². The van der Waals surface area contributed by atoms with Crippen molar-refractivity contribution in [3.05, 3.63) is 95.7 Å². The number of hydrogen-bond acceptors (Lipinski definition) is 1. The molecule has 0 N–H and O–H groups in total. The monoisotopic (exact) mass is 338 g/mol. The van der Waals surface area contributed by atoms with Crippen LogP contribution in [-0.4, -0.2) is 9.55 Å². The average molecular weight is 338 g/mol. The number of hydrogen-bond donors (Lipinski definition) is 0. The van der Waals surface area contributed by atoms with E-state index in [0.717, 1.165) is 22.6 Å². The summed E-state index contributed by atoms with van der Waals surface area (Å²) in [4.78, 5) is 4.99. The molecule has 1 aromatic heterocycles. The molecule has 0 fully saturated rings. The molecule has 2 nitrogen and oxygen atoms in total. The van der Waals surface area contributed by atoms with Crippen LogP contribution in [0.5, 0.6) is 0 Å². The number of imidazole rings is 1. The first-order valence-electron chi connectivity index (χ1n) is 8.92. The van der Waals surface area contributed by atoms with Gasteiger partial charge >= 0.3 is 0 Å². The molecule has 4 rings (SSSR count). The topological polar surface area (TPSA) is 17.8 Å². The number of aromatic nitrogens is 2. The molecular weight excluding hydrogens is 316 g/mol. The highest BCUT2D eigenvalue weighted by Crippen LogP contribution is 2.31. The minimum absolute atomic E-state index is 0.972. The fraction of sp³-hybridized carbons (Fsp3) is 0.125. The van der Waals surface area contributed by atoms with Gasteiger partial charge in [0.25, 0.3) is 0 Å². The Bertz CT molecular complexity index is 1020. The summed E-state index contributed by atoms with van der Waals surface area (Å²) >= 11 is 0. The maximum absolute atomic E-state index is 4.99. The molecule has 26 heavy (non-hydrogen) atoms. The Morgan fingerprint density at radius 2 is 1.23 bits per heavy atom. The Labute approximate surface area is 154 Å². The van der Waals surface area contributed by atoms with E-state index in [4.69, 9.17) is 4.98 Å². The smallest absolute Gasteiger partial charge is 0.145 e. The van der Waals surface area contributed by atoms with Gasteiger partial charge in [0.2, 0.25) is 0 Å². The Hall–Kier alpha value is -3.13. The summed E-state index contributed by atoms with van der Waals surface area (Å²) in [6.07, 6.45) is 2.16. The SMILES string of the molecule is Cc1cc(C)c(-n2cc(-c3ccccc3)nc2-c2ccccc2)c(C)c1. The third-order valence-electron chi connectivity index (χ3n) is 4.68. The second kappa shape index (κ2) is 6.64. The summed E-state index contributed by atoms with van der Waals surface area (Å²) in [5.74, 6) is 0.972. The maximum Gasteiger partial charge on any atom is 0.145 e. The Kier molecular flexibility index (Phi) is 4.18. The van der Waals surface area contributed by atoms with E-state index in [1.165, 1.54) is 22.4 Å². The lowest BCUT2D eigenvalue weighted by molar-refractivity contribution is 1.03.